The van der Waals surface area contributed by atoms with Crippen molar-refractivity contribution in [2.24, 2.45) is 0 Å². The third-order valence-electron chi connectivity index (χ3n) is 4.11. The smallest absolute Gasteiger partial charge is 0.220 e. The molecule has 1 aromatic carbocycles. The van der Waals surface area contributed by atoms with Crippen LogP contribution in [0.25, 0.3) is 0 Å². The number of hydrogen-bond donors (Lipinski definition) is 1. The standard InChI is InChI=1S/C18H21NO2/c1-13-6-9-17(21-13)10-11-18(20)19-16-8-7-14-4-2-3-5-15(14)12-16/h2-6,9,16H,7-8,10-12H2,1H3,(H,19,20)/t16-/m0/s1. The lowest BCUT2D eigenvalue weighted by atomic mass is 9.88. The SMILES string of the molecule is Cc1ccc(CCC(=O)N[C@H]2CCc3ccccc3C2)o1. The molecule has 1 aliphatic carbocycles. The molecule has 3 nitrogen and oxygen atoms in total. The summed E-state index contributed by atoms with van der Waals surface area (Å²) in [6.07, 6.45) is 4.19. The Morgan fingerprint density at radius 3 is 2.81 bits per heavy atom. The Morgan fingerprint density at radius 1 is 1.24 bits per heavy atom. The maximum absolute atomic E-state index is 12.1. The fourth-order valence-electron chi connectivity index (χ4n) is 2.98. The van der Waals surface area contributed by atoms with E-state index in [1.165, 1.54) is 11.1 Å². The second-order valence-electron chi connectivity index (χ2n) is 5.79. The van der Waals surface area contributed by atoms with Gasteiger partial charge < -0.3 is 9.73 Å². The number of fused-ring (bicyclic) bond motifs is 1. The van der Waals surface area contributed by atoms with Gasteiger partial charge in [-0.25, -0.2) is 0 Å². The highest BCUT2D eigenvalue weighted by Gasteiger charge is 2.19. The number of benzene rings is 1. The minimum atomic E-state index is 0.119. The van der Waals surface area contributed by atoms with Gasteiger partial charge in [-0.2, -0.15) is 0 Å². The molecule has 1 heterocycles. The zero-order valence-electron chi connectivity index (χ0n) is 12.4. The lowest BCUT2D eigenvalue weighted by Crippen LogP contribution is -2.38. The summed E-state index contributed by atoms with van der Waals surface area (Å²) in [5.41, 5.74) is 2.80. The molecule has 110 valence electrons. The van der Waals surface area contributed by atoms with Crippen LogP contribution in [0.4, 0.5) is 0 Å². The average molecular weight is 283 g/mol. The first-order valence-corrected chi connectivity index (χ1v) is 7.62. The van der Waals surface area contributed by atoms with Crippen molar-refractivity contribution >= 4 is 5.91 Å². The molecule has 1 atom stereocenters. The van der Waals surface area contributed by atoms with Crippen LogP contribution < -0.4 is 5.32 Å². The Balaban J connectivity index is 1.50. The van der Waals surface area contributed by atoms with Crippen LogP contribution in [0.2, 0.25) is 0 Å². The Morgan fingerprint density at radius 2 is 2.05 bits per heavy atom. The van der Waals surface area contributed by atoms with Gasteiger partial charge in [0.05, 0.1) is 0 Å². The summed E-state index contributed by atoms with van der Waals surface area (Å²) in [5.74, 6) is 1.90. The summed E-state index contributed by atoms with van der Waals surface area (Å²) in [7, 11) is 0. The summed E-state index contributed by atoms with van der Waals surface area (Å²) < 4.78 is 5.49. The number of rotatable bonds is 4. The van der Waals surface area contributed by atoms with Crippen LogP contribution in [0, 0.1) is 6.92 Å². The van der Waals surface area contributed by atoms with E-state index in [9.17, 15) is 4.79 Å². The first-order chi connectivity index (χ1) is 10.2. The van der Waals surface area contributed by atoms with Crippen LogP contribution in [0.5, 0.6) is 0 Å². The minimum Gasteiger partial charge on any atom is -0.466 e. The van der Waals surface area contributed by atoms with Gasteiger partial charge in [0.15, 0.2) is 0 Å². The summed E-state index contributed by atoms with van der Waals surface area (Å²) in [6.45, 7) is 1.92. The Labute approximate surface area is 125 Å². The zero-order chi connectivity index (χ0) is 14.7. The maximum atomic E-state index is 12.1. The van der Waals surface area contributed by atoms with Crippen molar-refractivity contribution in [3.8, 4) is 0 Å². The largest absolute Gasteiger partial charge is 0.466 e. The number of hydrogen-bond acceptors (Lipinski definition) is 2. The van der Waals surface area contributed by atoms with Gasteiger partial charge in [-0.15, -0.1) is 0 Å². The van der Waals surface area contributed by atoms with Gasteiger partial charge in [0.2, 0.25) is 5.91 Å². The number of aryl methyl sites for hydroxylation is 3. The van der Waals surface area contributed by atoms with Crippen molar-refractivity contribution in [2.45, 2.75) is 45.1 Å². The van der Waals surface area contributed by atoms with Crippen LogP contribution in [0.3, 0.4) is 0 Å². The quantitative estimate of drug-likeness (QED) is 0.936. The van der Waals surface area contributed by atoms with Crippen molar-refractivity contribution in [3.05, 3.63) is 59.0 Å². The molecule has 0 bridgehead atoms. The van der Waals surface area contributed by atoms with E-state index in [1.54, 1.807) is 0 Å². The van der Waals surface area contributed by atoms with E-state index in [-0.39, 0.29) is 11.9 Å². The van der Waals surface area contributed by atoms with Crippen LogP contribution in [0.1, 0.15) is 35.5 Å². The number of carbonyl (C=O) groups excluding carboxylic acids is 1. The molecule has 1 aromatic heterocycles. The molecule has 1 N–H and O–H groups in total. The second-order valence-corrected chi connectivity index (χ2v) is 5.79. The third-order valence-corrected chi connectivity index (χ3v) is 4.11. The highest BCUT2D eigenvalue weighted by molar-refractivity contribution is 5.76. The van der Waals surface area contributed by atoms with E-state index in [0.29, 0.717) is 12.8 Å². The second kappa shape index (κ2) is 6.17. The summed E-state index contributed by atoms with van der Waals surface area (Å²) >= 11 is 0. The molecule has 0 fully saturated rings. The van der Waals surface area contributed by atoms with Crippen molar-refractivity contribution in [1.29, 1.82) is 0 Å². The lowest BCUT2D eigenvalue weighted by molar-refractivity contribution is -0.121. The van der Waals surface area contributed by atoms with Crippen molar-refractivity contribution in [2.75, 3.05) is 0 Å². The zero-order valence-corrected chi connectivity index (χ0v) is 12.4. The molecule has 0 spiro atoms. The van der Waals surface area contributed by atoms with Crippen molar-refractivity contribution < 1.29 is 9.21 Å². The van der Waals surface area contributed by atoms with Gasteiger partial charge in [-0.3, -0.25) is 4.79 Å². The molecule has 2 aromatic rings. The number of amides is 1. The summed E-state index contributed by atoms with van der Waals surface area (Å²) in [6, 6.07) is 12.7. The highest BCUT2D eigenvalue weighted by atomic mass is 16.3. The first kappa shape index (κ1) is 13.9. The highest BCUT2D eigenvalue weighted by Crippen LogP contribution is 2.21. The predicted molar refractivity (Wildman–Crippen MR) is 82.2 cm³/mol. The van der Waals surface area contributed by atoms with Gasteiger partial charge >= 0.3 is 0 Å². The molecule has 3 heteroatoms. The fourth-order valence-corrected chi connectivity index (χ4v) is 2.98. The molecular weight excluding hydrogens is 262 g/mol. The topological polar surface area (TPSA) is 42.2 Å². The van der Waals surface area contributed by atoms with Gasteiger partial charge in [0.25, 0.3) is 0 Å². The van der Waals surface area contributed by atoms with Gasteiger partial charge in [-0.05, 0) is 49.4 Å². The van der Waals surface area contributed by atoms with Gasteiger partial charge in [-0.1, -0.05) is 24.3 Å². The molecule has 0 aliphatic heterocycles. The molecule has 1 aliphatic rings. The Kier molecular flexibility index (Phi) is 4.09. The average Bonchev–Trinajstić information content (AvgIpc) is 2.91. The van der Waals surface area contributed by atoms with Crippen molar-refractivity contribution in [1.82, 2.24) is 5.32 Å². The van der Waals surface area contributed by atoms with Crippen LogP contribution >= 0.6 is 0 Å². The van der Waals surface area contributed by atoms with Gasteiger partial charge in [0, 0.05) is 18.9 Å². The van der Waals surface area contributed by atoms with E-state index >= 15 is 0 Å². The van der Waals surface area contributed by atoms with E-state index in [4.69, 9.17) is 4.42 Å². The number of furan rings is 1. The molecule has 21 heavy (non-hydrogen) atoms. The predicted octanol–water partition coefficient (Wildman–Crippen LogP) is 3.19. The fraction of sp³-hybridized carbons (Fsp3) is 0.389. The molecule has 0 saturated carbocycles. The maximum Gasteiger partial charge on any atom is 0.220 e. The Hall–Kier alpha value is -2.03. The van der Waals surface area contributed by atoms with E-state index in [1.807, 2.05) is 19.1 Å². The van der Waals surface area contributed by atoms with E-state index in [2.05, 4.69) is 29.6 Å². The number of nitrogens with one attached hydrogen (secondary N) is 1. The minimum absolute atomic E-state index is 0.119. The molecule has 0 radical (unpaired) electrons. The molecule has 3 rings (SSSR count). The van der Waals surface area contributed by atoms with Crippen LogP contribution in [0.15, 0.2) is 40.8 Å². The summed E-state index contributed by atoms with van der Waals surface area (Å²) in [4.78, 5) is 12.1. The number of carbonyl (C=O) groups is 1. The first-order valence-electron chi connectivity index (χ1n) is 7.62. The molecule has 0 unspecified atom stereocenters. The van der Waals surface area contributed by atoms with E-state index in [0.717, 1.165) is 30.8 Å². The normalized spacial score (nSPS) is 17.3. The molecule has 0 saturated heterocycles. The lowest BCUT2D eigenvalue weighted by Gasteiger charge is -2.25. The molecule has 1 amide bonds. The van der Waals surface area contributed by atoms with Crippen LogP contribution in [-0.4, -0.2) is 11.9 Å². The summed E-state index contributed by atoms with van der Waals surface area (Å²) in [5, 5.41) is 3.16. The third kappa shape index (κ3) is 3.54. The molecular formula is C18H21NO2. The van der Waals surface area contributed by atoms with Crippen LogP contribution in [-0.2, 0) is 24.1 Å². The monoisotopic (exact) mass is 283 g/mol. The van der Waals surface area contributed by atoms with Crippen molar-refractivity contribution in [3.63, 3.8) is 0 Å². The van der Waals surface area contributed by atoms with E-state index < -0.39 is 0 Å². The van der Waals surface area contributed by atoms with Gasteiger partial charge in [0.1, 0.15) is 11.5 Å². The Bertz CT molecular complexity index is 630.